The molecule has 128 valence electrons. The Kier molecular flexibility index (Phi) is 5.35. The van der Waals surface area contributed by atoms with Crippen molar-refractivity contribution >= 4 is 5.91 Å². The minimum atomic E-state index is 0.00926. The standard InChI is InChI=1S/C21H22N2O2/c1-16-5-7-20(8-6-16)25-15-17-9-11-23(12-10-17)21(24)19-4-2-3-18(13-19)14-22/h2-8,13,17H,9-12,15H2,1H3. The lowest BCUT2D eigenvalue weighted by Gasteiger charge is -2.32. The van der Waals surface area contributed by atoms with Crippen LogP contribution in [-0.2, 0) is 0 Å². The molecule has 2 aromatic carbocycles. The topological polar surface area (TPSA) is 53.3 Å². The molecule has 4 heteroatoms. The van der Waals surface area contributed by atoms with Gasteiger partial charge in [0.25, 0.3) is 5.91 Å². The van der Waals surface area contributed by atoms with E-state index in [1.165, 1.54) is 5.56 Å². The molecule has 0 unspecified atom stereocenters. The molecule has 2 aromatic rings. The minimum absolute atomic E-state index is 0.00926. The Morgan fingerprint density at radius 2 is 1.92 bits per heavy atom. The zero-order valence-electron chi connectivity index (χ0n) is 14.4. The van der Waals surface area contributed by atoms with Crippen LogP contribution in [0.4, 0.5) is 0 Å². The van der Waals surface area contributed by atoms with Crippen LogP contribution >= 0.6 is 0 Å². The van der Waals surface area contributed by atoms with E-state index >= 15 is 0 Å². The molecular formula is C21H22N2O2. The number of rotatable bonds is 4. The molecule has 0 bridgehead atoms. The van der Waals surface area contributed by atoms with Gasteiger partial charge in [-0.1, -0.05) is 23.8 Å². The summed E-state index contributed by atoms with van der Waals surface area (Å²) in [4.78, 5) is 14.4. The fraction of sp³-hybridized carbons (Fsp3) is 0.333. The zero-order valence-corrected chi connectivity index (χ0v) is 14.4. The van der Waals surface area contributed by atoms with Crippen LogP contribution < -0.4 is 4.74 Å². The van der Waals surface area contributed by atoms with Gasteiger partial charge in [0.1, 0.15) is 5.75 Å². The number of aryl methyl sites for hydroxylation is 1. The molecule has 25 heavy (non-hydrogen) atoms. The van der Waals surface area contributed by atoms with Gasteiger partial charge in [-0.3, -0.25) is 4.79 Å². The van der Waals surface area contributed by atoms with Crippen LogP contribution in [0.3, 0.4) is 0 Å². The maximum atomic E-state index is 12.6. The number of ether oxygens (including phenoxy) is 1. The van der Waals surface area contributed by atoms with Gasteiger partial charge in [0.15, 0.2) is 0 Å². The van der Waals surface area contributed by atoms with E-state index in [2.05, 4.69) is 13.0 Å². The summed E-state index contributed by atoms with van der Waals surface area (Å²) >= 11 is 0. The number of hydrogen-bond acceptors (Lipinski definition) is 3. The second kappa shape index (κ2) is 7.85. The Balaban J connectivity index is 1.50. The zero-order chi connectivity index (χ0) is 17.6. The molecule has 1 amide bonds. The van der Waals surface area contributed by atoms with Gasteiger partial charge < -0.3 is 9.64 Å². The fourth-order valence-electron chi connectivity index (χ4n) is 3.06. The van der Waals surface area contributed by atoms with Crippen molar-refractivity contribution in [3.63, 3.8) is 0 Å². The number of likely N-dealkylation sites (tertiary alicyclic amines) is 1. The second-order valence-corrected chi connectivity index (χ2v) is 6.55. The van der Waals surface area contributed by atoms with Crippen LogP contribution in [0, 0.1) is 24.2 Å². The Bertz CT molecular complexity index is 769. The molecule has 0 aliphatic carbocycles. The van der Waals surface area contributed by atoms with Crippen molar-refractivity contribution in [2.45, 2.75) is 19.8 Å². The highest BCUT2D eigenvalue weighted by molar-refractivity contribution is 5.94. The number of benzene rings is 2. The molecule has 0 N–H and O–H groups in total. The maximum absolute atomic E-state index is 12.6. The molecule has 0 saturated carbocycles. The van der Waals surface area contributed by atoms with Gasteiger partial charge in [0.2, 0.25) is 0 Å². The van der Waals surface area contributed by atoms with Crippen molar-refractivity contribution in [3.05, 3.63) is 65.2 Å². The smallest absolute Gasteiger partial charge is 0.253 e. The van der Waals surface area contributed by atoms with E-state index in [0.717, 1.165) is 31.7 Å². The van der Waals surface area contributed by atoms with E-state index in [4.69, 9.17) is 10.00 Å². The lowest BCUT2D eigenvalue weighted by Crippen LogP contribution is -2.39. The number of nitriles is 1. The van der Waals surface area contributed by atoms with Gasteiger partial charge in [-0.15, -0.1) is 0 Å². The number of carbonyl (C=O) groups is 1. The second-order valence-electron chi connectivity index (χ2n) is 6.55. The van der Waals surface area contributed by atoms with E-state index in [9.17, 15) is 4.79 Å². The number of amides is 1. The molecule has 1 aliphatic heterocycles. The highest BCUT2D eigenvalue weighted by Crippen LogP contribution is 2.21. The first-order valence-corrected chi connectivity index (χ1v) is 8.64. The number of hydrogen-bond donors (Lipinski definition) is 0. The van der Waals surface area contributed by atoms with E-state index < -0.39 is 0 Å². The predicted octanol–water partition coefficient (Wildman–Crippen LogP) is 3.80. The molecule has 1 saturated heterocycles. The van der Waals surface area contributed by atoms with Crippen molar-refractivity contribution < 1.29 is 9.53 Å². The highest BCUT2D eigenvalue weighted by atomic mass is 16.5. The third-order valence-electron chi connectivity index (χ3n) is 4.65. The molecule has 1 fully saturated rings. The molecule has 0 aromatic heterocycles. The number of piperidine rings is 1. The lowest BCUT2D eigenvalue weighted by atomic mass is 9.97. The predicted molar refractivity (Wildman–Crippen MR) is 96.5 cm³/mol. The molecule has 4 nitrogen and oxygen atoms in total. The minimum Gasteiger partial charge on any atom is -0.493 e. The van der Waals surface area contributed by atoms with Crippen molar-refractivity contribution in [2.24, 2.45) is 5.92 Å². The molecule has 0 atom stereocenters. The number of nitrogens with zero attached hydrogens (tertiary/aromatic N) is 2. The summed E-state index contributed by atoms with van der Waals surface area (Å²) in [5.74, 6) is 1.38. The van der Waals surface area contributed by atoms with Gasteiger partial charge in [0, 0.05) is 18.7 Å². The Morgan fingerprint density at radius 1 is 1.20 bits per heavy atom. The Morgan fingerprint density at radius 3 is 2.60 bits per heavy atom. The van der Waals surface area contributed by atoms with Gasteiger partial charge >= 0.3 is 0 Å². The molecule has 1 aliphatic rings. The summed E-state index contributed by atoms with van der Waals surface area (Å²) in [6.45, 7) is 4.22. The van der Waals surface area contributed by atoms with E-state index in [-0.39, 0.29) is 5.91 Å². The first-order chi connectivity index (χ1) is 12.2. The van der Waals surface area contributed by atoms with E-state index in [1.54, 1.807) is 24.3 Å². The van der Waals surface area contributed by atoms with Gasteiger partial charge in [0.05, 0.1) is 18.2 Å². The third kappa shape index (κ3) is 4.39. The van der Waals surface area contributed by atoms with Crippen LogP contribution in [0.5, 0.6) is 5.75 Å². The van der Waals surface area contributed by atoms with Crippen LogP contribution in [0.25, 0.3) is 0 Å². The van der Waals surface area contributed by atoms with Crippen LogP contribution in [0.2, 0.25) is 0 Å². The van der Waals surface area contributed by atoms with Crippen LogP contribution in [0.15, 0.2) is 48.5 Å². The Hall–Kier alpha value is -2.80. The summed E-state index contributed by atoms with van der Waals surface area (Å²) in [6, 6.07) is 17.1. The maximum Gasteiger partial charge on any atom is 0.253 e. The monoisotopic (exact) mass is 334 g/mol. The molecular weight excluding hydrogens is 312 g/mol. The first kappa shape index (κ1) is 17.0. The van der Waals surface area contributed by atoms with E-state index in [1.807, 2.05) is 29.2 Å². The van der Waals surface area contributed by atoms with Crippen molar-refractivity contribution in [3.8, 4) is 11.8 Å². The SMILES string of the molecule is Cc1ccc(OCC2CCN(C(=O)c3cccc(C#N)c3)CC2)cc1. The summed E-state index contributed by atoms with van der Waals surface area (Å²) in [5.41, 5.74) is 2.33. The normalized spacial score (nSPS) is 14.8. The average Bonchev–Trinajstić information content (AvgIpc) is 2.67. The summed E-state index contributed by atoms with van der Waals surface area (Å²) in [5, 5.41) is 8.97. The quantitative estimate of drug-likeness (QED) is 0.854. The van der Waals surface area contributed by atoms with Crippen molar-refractivity contribution in [1.29, 1.82) is 5.26 Å². The first-order valence-electron chi connectivity index (χ1n) is 8.64. The molecule has 3 rings (SSSR count). The van der Waals surface area contributed by atoms with Crippen molar-refractivity contribution in [1.82, 2.24) is 4.90 Å². The number of carbonyl (C=O) groups excluding carboxylic acids is 1. The highest BCUT2D eigenvalue weighted by Gasteiger charge is 2.24. The molecule has 1 heterocycles. The van der Waals surface area contributed by atoms with Gasteiger partial charge in [-0.05, 0) is 56.0 Å². The van der Waals surface area contributed by atoms with Crippen LogP contribution in [-0.4, -0.2) is 30.5 Å². The molecule has 0 radical (unpaired) electrons. The van der Waals surface area contributed by atoms with E-state index in [0.29, 0.717) is 23.7 Å². The van der Waals surface area contributed by atoms with Gasteiger partial charge in [-0.25, -0.2) is 0 Å². The summed E-state index contributed by atoms with van der Waals surface area (Å²) < 4.78 is 5.87. The van der Waals surface area contributed by atoms with Gasteiger partial charge in [-0.2, -0.15) is 5.26 Å². The Labute approximate surface area is 148 Å². The van der Waals surface area contributed by atoms with Crippen LogP contribution in [0.1, 0.15) is 34.3 Å². The lowest BCUT2D eigenvalue weighted by molar-refractivity contribution is 0.0661. The summed E-state index contributed by atoms with van der Waals surface area (Å²) in [7, 11) is 0. The summed E-state index contributed by atoms with van der Waals surface area (Å²) in [6.07, 6.45) is 1.88. The average molecular weight is 334 g/mol. The third-order valence-corrected chi connectivity index (χ3v) is 4.65. The largest absolute Gasteiger partial charge is 0.493 e. The fourth-order valence-corrected chi connectivity index (χ4v) is 3.06. The molecule has 0 spiro atoms. The van der Waals surface area contributed by atoms with Crippen molar-refractivity contribution in [2.75, 3.05) is 19.7 Å².